The van der Waals surface area contributed by atoms with E-state index in [-0.39, 0.29) is 5.78 Å². The van der Waals surface area contributed by atoms with Crippen LogP contribution in [0.2, 0.25) is 0 Å². The zero-order valence-corrected chi connectivity index (χ0v) is 9.27. The first-order chi connectivity index (χ1) is 7.68. The predicted molar refractivity (Wildman–Crippen MR) is 61.4 cm³/mol. The maximum Gasteiger partial charge on any atom is 0.196 e. The van der Waals surface area contributed by atoms with Crippen molar-refractivity contribution < 1.29 is 4.79 Å². The van der Waals surface area contributed by atoms with Crippen molar-refractivity contribution in [3.63, 3.8) is 0 Å². The maximum atomic E-state index is 12.1. The molecule has 0 fully saturated rings. The molecule has 0 aliphatic heterocycles. The second-order valence-corrected chi connectivity index (χ2v) is 3.72. The van der Waals surface area contributed by atoms with Crippen molar-refractivity contribution in [3.8, 4) is 0 Å². The minimum Gasteiger partial charge on any atom is -0.288 e. The lowest BCUT2D eigenvalue weighted by Crippen LogP contribution is -2.05. The fourth-order valence-electron chi connectivity index (χ4n) is 1.56. The van der Waals surface area contributed by atoms with Gasteiger partial charge in [-0.15, -0.1) is 0 Å². The van der Waals surface area contributed by atoms with Crippen LogP contribution in [-0.4, -0.2) is 15.8 Å². The van der Waals surface area contributed by atoms with Gasteiger partial charge in [-0.25, -0.2) is 0 Å². The number of hydrogen-bond donors (Lipinski definition) is 0. The highest BCUT2D eigenvalue weighted by Gasteiger charge is 2.12. The van der Waals surface area contributed by atoms with Crippen LogP contribution in [0.15, 0.2) is 36.8 Å². The summed E-state index contributed by atoms with van der Waals surface area (Å²) < 4.78 is 0. The monoisotopic (exact) mass is 212 g/mol. The van der Waals surface area contributed by atoms with Crippen LogP contribution in [0.5, 0.6) is 0 Å². The summed E-state index contributed by atoms with van der Waals surface area (Å²) in [6, 6.07) is 5.39. The van der Waals surface area contributed by atoms with Gasteiger partial charge in [0.2, 0.25) is 0 Å². The van der Waals surface area contributed by atoms with E-state index in [4.69, 9.17) is 0 Å². The topological polar surface area (TPSA) is 42.9 Å². The Hall–Kier alpha value is -2.03. The first kappa shape index (κ1) is 10.5. The van der Waals surface area contributed by atoms with Crippen LogP contribution in [0.1, 0.15) is 27.2 Å². The Bertz CT molecular complexity index is 535. The average molecular weight is 212 g/mol. The van der Waals surface area contributed by atoms with Gasteiger partial charge >= 0.3 is 0 Å². The number of hydrogen-bond acceptors (Lipinski definition) is 3. The number of carbonyl (C=O) groups is 1. The van der Waals surface area contributed by atoms with Gasteiger partial charge in [0.1, 0.15) is 0 Å². The smallest absolute Gasteiger partial charge is 0.196 e. The number of aromatic nitrogens is 2. The Balaban J connectivity index is 2.44. The van der Waals surface area contributed by atoms with Gasteiger partial charge in [-0.1, -0.05) is 0 Å². The highest BCUT2D eigenvalue weighted by atomic mass is 16.1. The minimum absolute atomic E-state index is 0.0261. The average Bonchev–Trinajstić information content (AvgIpc) is 2.29. The third kappa shape index (κ3) is 1.98. The van der Waals surface area contributed by atoms with Crippen LogP contribution in [0.4, 0.5) is 0 Å². The summed E-state index contributed by atoms with van der Waals surface area (Å²) >= 11 is 0. The molecule has 0 radical (unpaired) electrons. The number of pyridine rings is 2. The van der Waals surface area contributed by atoms with Crippen LogP contribution in [-0.2, 0) is 0 Å². The van der Waals surface area contributed by atoms with Gasteiger partial charge in [0, 0.05) is 35.4 Å². The summed E-state index contributed by atoms with van der Waals surface area (Å²) in [4.78, 5) is 20.3. The van der Waals surface area contributed by atoms with Crippen LogP contribution in [0, 0.1) is 13.8 Å². The highest BCUT2D eigenvalue weighted by Crippen LogP contribution is 2.12. The lowest BCUT2D eigenvalue weighted by molar-refractivity contribution is 0.103. The summed E-state index contributed by atoms with van der Waals surface area (Å²) in [6.45, 7) is 3.75. The molecule has 2 aromatic heterocycles. The van der Waals surface area contributed by atoms with Gasteiger partial charge in [-0.2, -0.15) is 0 Å². The molecular weight excluding hydrogens is 200 g/mol. The zero-order valence-electron chi connectivity index (χ0n) is 9.27. The van der Waals surface area contributed by atoms with E-state index in [2.05, 4.69) is 9.97 Å². The molecule has 3 heteroatoms. The van der Waals surface area contributed by atoms with Crippen molar-refractivity contribution in [1.29, 1.82) is 0 Å². The molecule has 3 nitrogen and oxygen atoms in total. The summed E-state index contributed by atoms with van der Waals surface area (Å²) in [5.41, 5.74) is 2.97. The third-order valence-electron chi connectivity index (χ3n) is 2.39. The molecule has 0 spiro atoms. The Morgan fingerprint density at radius 1 is 1.25 bits per heavy atom. The molecule has 0 aromatic carbocycles. The largest absolute Gasteiger partial charge is 0.288 e. The molecule has 0 aliphatic rings. The van der Waals surface area contributed by atoms with Gasteiger partial charge < -0.3 is 0 Å². The van der Waals surface area contributed by atoms with E-state index >= 15 is 0 Å². The number of carbonyl (C=O) groups excluding carboxylic acids is 1. The van der Waals surface area contributed by atoms with Crippen molar-refractivity contribution in [2.24, 2.45) is 0 Å². The molecular formula is C13H12N2O. The van der Waals surface area contributed by atoms with E-state index in [1.807, 2.05) is 19.9 Å². The third-order valence-corrected chi connectivity index (χ3v) is 2.39. The zero-order chi connectivity index (χ0) is 11.5. The van der Waals surface area contributed by atoms with Crippen molar-refractivity contribution in [2.75, 3.05) is 0 Å². The summed E-state index contributed by atoms with van der Waals surface area (Å²) in [5.74, 6) is -0.0261. The van der Waals surface area contributed by atoms with Crippen LogP contribution >= 0.6 is 0 Å². The molecule has 0 amide bonds. The SMILES string of the molecule is Cc1cncc(C(=O)c2cccnc2C)c1. The van der Waals surface area contributed by atoms with E-state index < -0.39 is 0 Å². The Kier molecular flexibility index (Phi) is 2.77. The van der Waals surface area contributed by atoms with Crippen LogP contribution in [0.25, 0.3) is 0 Å². The molecule has 0 N–H and O–H groups in total. The fourth-order valence-corrected chi connectivity index (χ4v) is 1.56. The first-order valence-corrected chi connectivity index (χ1v) is 5.06. The standard InChI is InChI=1S/C13H12N2O/c1-9-6-11(8-14-7-9)13(16)12-4-3-5-15-10(12)2/h3-8H,1-2H3. The first-order valence-electron chi connectivity index (χ1n) is 5.06. The van der Waals surface area contributed by atoms with E-state index in [0.717, 1.165) is 11.3 Å². The van der Waals surface area contributed by atoms with Crippen LogP contribution < -0.4 is 0 Å². The van der Waals surface area contributed by atoms with Crippen molar-refractivity contribution in [2.45, 2.75) is 13.8 Å². The Labute approximate surface area is 94.2 Å². The van der Waals surface area contributed by atoms with Gasteiger partial charge in [-0.05, 0) is 37.6 Å². The maximum absolute atomic E-state index is 12.1. The molecule has 2 heterocycles. The van der Waals surface area contributed by atoms with Crippen LogP contribution in [0.3, 0.4) is 0 Å². The predicted octanol–water partition coefficient (Wildman–Crippen LogP) is 2.32. The molecule has 0 saturated carbocycles. The van der Waals surface area contributed by atoms with E-state index in [1.165, 1.54) is 0 Å². The lowest BCUT2D eigenvalue weighted by atomic mass is 10.0. The number of ketones is 1. The van der Waals surface area contributed by atoms with E-state index in [0.29, 0.717) is 11.1 Å². The van der Waals surface area contributed by atoms with E-state index in [9.17, 15) is 4.79 Å². The van der Waals surface area contributed by atoms with Crippen molar-refractivity contribution >= 4 is 5.78 Å². The second kappa shape index (κ2) is 4.23. The Morgan fingerprint density at radius 3 is 2.75 bits per heavy atom. The van der Waals surface area contributed by atoms with Gasteiger partial charge in [0.25, 0.3) is 0 Å². The molecule has 0 unspecified atom stereocenters. The summed E-state index contributed by atoms with van der Waals surface area (Å²) in [7, 11) is 0. The summed E-state index contributed by atoms with van der Waals surface area (Å²) in [6.07, 6.45) is 5.00. The van der Waals surface area contributed by atoms with E-state index in [1.54, 1.807) is 30.7 Å². The van der Waals surface area contributed by atoms with Gasteiger partial charge in [0.05, 0.1) is 0 Å². The number of rotatable bonds is 2. The molecule has 0 atom stereocenters. The van der Waals surface area contributed by atoms with Gasteiger partial charge in [0.15, 0.2) is 5.78 Å². The van der Waals surface area contributed by atoms with Crippen molar-refractivity contribution in [1.82, 2.24) is 9.97 Å². The lowest BCUT2D eigenvalue weighted by Gasteiger charge is -2.03. The normalized spacial score (nSPS) is 10.1. The quantitative estimate of drug-likeness (QED) is 0.717. The molecule has 0 aliphatic carbocycles. The summed E-state index contributed by atoms with van der Waals surface area (Å²) in [5, 5.41) is 0. The van der Waals surface area contributed by atoms with Gasteiger partial charge in [-0.3, -0.25) is 14.8 Å². The number of aryl methyl sites for hydroxylation is 2. The molecule has 2 rings (SSSR count). The Morgan fingerprint density at radius 2 is 2.06 bits per heavy atom. The number of nitrogens with zero attached hydrogens (tertiary/aromatic N) is 2. The molecule has 16 heavy (non-hydrogen) atoms. The van der Waals surface area contributed by atoms with Crippen molar-refractivity contribution in [3.05, 3.63) is 59.2 Å². The molecule has 2 aromatic rings. The molecule has 0 bridgehead atoms. The fraction of sp³-hybridized carbons (Fsp3) is 0.154. The second-order valence-electron chi connectivity index (χ2n) is 3.72. The minimum atomic E-state index is -0.0261. The highest BCUT2D eigenvalue weighted by molar-refractivity contribution is 6.09. The molecule has 0 saturated heterocycles. The molecule has 80 valence electrons.